The molecule has 1 aromatic carbocycles. The van der Waals surface area contributed by atoms with Gasteiger partial charge in [0, 0.05) is 6.08 Å². The van der Waals surface area contributed by atoms with Gasteiger partial charge >= 0.3 is 5.97 Å². The molecule has 0 amide bonds. The van der Waals surface area contributed by atoms with Crippen molar-refractivity contribution in [1.82, 2.24) is 0 Å². The number of ether oxygens (including phenoxy) is 1. The lowest BCUT2D eigenvalue weighted by Gasteiger charge is -1.99. The Morgan fingerprint density at radius 3 is 2.81 bits per heavy atom. The second-order valence-electron chi connectivity index (χ2n) is 3.02. The molecule has 0 saturated heterocycles. The Balaban J connectivity index is 2.78. The molecule has 4 nitrogen and oxygen atoms in total. The fourth-order valence-corrected chi connectivity index (χ4v) is 1.12. The number of phenolic OH excluding ortho intramolecular Hbond substituents is 1. The Hall–Kier alpha value is -2.10. The molecule has 1 N–H and O–H groups in total. The molecule has 0 heterocycles. The number of rotatable bonds is 4. The Bertz CT molecular complexity index is 421. The maximum absolute atomic E-state index is 11.0. The molecule has 0 spiro atoms. The summed E-state index contributed by atoms with van der Waals surface area (Å²) < 4.78 is 4.69. The first-order valence-electron chi connectivity index (χ1n) is 4.80. The van der Waals surface area contributed by atoms with Crippen LogP contribution < -0.4 is 0 Å². The van der Waals surface area contributed by atoms with E-state index < -0.39 is 5.97 Å². The first-order chi connectivity index (χ1) is 7.67. The third-order valence-corrected chi connectivity index (χ3v) is 1.88. The van der Waals surface area contributed by atoms with E-state index in [1.54, 1.807) is 13.0 Å². The highest BCUT2D eigenvalue weighted by Gasteiger charge is 2.00. The van der Waals surface area contributed by atoms with Crippen LogP contribution in [0.4, 0.5) is 0 Å². The second-order valence-corrected chi connectivity index (χ2v) is 3.02. The van der Waals surface area contributed by atoms with Crippen LogP contribution in [-0.2, 0) is 9.53 Å². The van der Waals surface area contributed by atoms with Gasteiger partial charge in [0.15, 0.2) is 6.29 Å². The van der Waals surface area contributed by atoms with Crippen LogP contribution in [0.25, 0.3) is 6.08 Å². The van der Waals surface area contributed by atoms with Gasteiger partial charge in [-0.15, -0.1) is 0 Å². The molecule has 84 valence electrons. The number of aldehydes is 1. The maximum atomic E-state index is 11.0. The molecule has 0 aromatic heterocycles. The number of esters is 1. The summed E-state index contributed by atoms with van der Waals surface area (Å²) in [6, 6.07) is 4.51. The monoisotopic (exact) mass is 220 g/mol. The van der Waals surface area contributed by atoms with Crippen molar-refractivity contribution in [2.45, 2.75) is 6.92 Å². The summed E-state index contributed by atoms with van der Waals surface area (Å²) in [6.45, 7) is 2.04. The predicted octanol–water partition coefficient (Wildman–Crippen LogP) is 1.78. The summed E-state index contributed by atoms with van der Waals surface area (Å²) in [4.78, 5) is 21.4. The predicted molar refractivity (Wildman–Crippen MR) is 59.2 cm³/mol. The molecule has 0 bridgehead atoms. The van der Waals surface area contributed by atoms with E-state index in [0.29, 0.717) is 18.5 Å². The summed E-state index contributed by atoms with van der Waals surface area (Å²) in [6.07, 6.45) is 3.33. The van der Waals surface area contributed by atoms with Crippen molar-refractivity contribution >= 4 is 18.3 Å². The Labute approximate surface area is 93.2 Å². The molecule has 0 fully saturated rings. The van der Waals surface area contributed by atoms with Crippen LogP contribution in [-0.4, -0.2) is 24.0 Å². The zero-order chi connectivity index (χ0) is 12.0. The van der Waals surface area contributed by atoms with Gasteiger partial charge in [-0.3, -0.25) is 4.79 Å². The lowest BCUT2D eigenvalue weighted by molar-refractivity contribution is -0.137. The summed E-state index contributed by atoms with van der Waals surface area (Å²) >= 11 is 0. The van der Waals surface area contributed by atoms with Crippen molar-refractivity contribution in [1.29, 1.82) is 0 Å². The highest BCUT2D eigenvalue weighted by molar-refractivity contribution is 5.87. The van der Waals surface area contributed by atoms with Gasteiger partial charge in [-0.2, -0.15) is 0 Å². The summed E-state index contributed by atoms with van der Waals surface area (Å²) in [5, 5.41) is 9.38. The fraction of sp³-hybridized carbons (Fsp3) is 0.167. The third-order valence-electron chi connectivity index (χ3n) is 1.88. The minimum atomic E-state index is -0.443. The van der Waals surface area contributed by atoms with Crippen molar-refractivity contribution in [3.05, 3.63) is 35.4 Å². The van der Waals surface area contributed by atoms with E-state index in [0.717, 1.165) is 0 Å². The molecular weight excluding hydrogens is 208 g/mol. The Kier molecular flexibility index (Phi) is 4.27. The Morgan fingerprint density at radius 2 is 2.25 bits per heavy atom. The zero-order valence-electron chi connectivity index (χ0n) is 8.84. The molecule has 16 heavy (non-hydrogen) atoms. The number of carbonyl (C=O) groups is 2. The number of hydrogen-bond acceptors (Lipinski definition) is 4. The average Bonchev–Trinajstić information content (AvgIpc) is 2.27. The van der Waals surface area contributed by atoms with E-state index in [9.17, 15) is 14.7 Å². The number of carbonyl (C=O) groups excluding carboxylic acids is 2. The highest BCUT2D eigenvalue weighted by atomic mass is 16.5. The van der Waals surface area contributed by atoms with Crippen LogP contribution >= 0.6 is 0 Å². The third kappa shape index (κ3) is 3.24. The molecule has 0 aliphatic heterocycles. The molecule has 0 unspecified atom stereocenters. The fourth-order valence-electron chi connectivity index (χ4n) is 1.12. The van der Waals surface area contributed by atoms with Gasteiger partial charge in [-0.25, -0.2) is 4.79 Å². The quantitative estimate of drug-likeness (QED) is 0.477. The largest absolute Gasteiger partial charge is 0.507 e. The molecule has 0 aliphatic rings. The van der Waals surface area contributed by atoms with Gasteiger partial charge in [-0.05, 0) is 30.7 Å². The van der Waals surface area contributed by atoms with Gasteiger partial charge in [0.1, 0.15) is 5.75 Å². The van der Waals surface area contributed by atoms with Crippen molar-refractivity contribution in [2.75, 3.05) is 6.61 Å². The summed E-state index contributed by atoms with van der Waals surface area (Å²) in [7, 11) is 0. The van der Waals surface area contributed by atoms with Gasteiger partial charge in [0.05, 0.1) is 12.2 Å². The minimum absolute atomic E-state index is 0.110. The number of aromatic hydroxyl groups is 1. The smallest absolute Gasteiger partial charge is 0.330 e. The molecule has 4 heteroatoms. The van der Waals surface area contributed by atoms with Crippen molar-refractivity contribution in [3.8, 4) is 5.75 Å². The van der Waals surface area contributed by atoms with Crippen LogP contribution in [0, 0.1) is 0 Å². The highest BCUT2D eigenvalue weighted by Crippen LogP contribution is 2.17. The second kappa shape index (κ2) is 5.70. The van der Waals surface area contributed by atoms with E-state index in [-0.39, 0.29) is 11.3 Å². The van der Waals surface area contributed by atoms with E-state index in [2.05, 4.69) is 0 Å². The standard InChI is InChI=1S/C12H12O4/c1-2-16-12(15)6-4-9-3-5-10(8-13)11(14)7-9/h3-8,14H,2H2,1H3. The minimum Gasteiger partial charge on any atom is -0.507 e. The maximum Gasteiger partial charge on any atom is 0.330 e. The molecule has 0 saturated carbocycles. The molecule has 0 atom stereocenters. The molecule has 0 radical (unpaired) electrons. The van der Waals surface area contributed by atoms with Crippen LogP contribution in [0.5, 0.6) is 5.75 Å². The zero-order valence-corrected chi connectivity index (χ0v) is 8.84. The van der Waals surface area contributed by atoms with Gasteiger partial charge in [0.2, 0.25) is 0 Å². The summed E-state index contributed by atoms with van der Waals surface area (Å²) in [5.74, 6) is -0.553. The van der Waals surface area contributed by atoms with Crippen LogP contribution in [0.1, 0.15) is 22.8 Å². The number of benzene rings is 1. The van der Waals surface area contributed by atoms with E-state index in [4.69, 9.17) is 4.74 Å². The van der Waals surface area contributed by atoms with Gasteiger partial charge in [-0.1, -0.05) is 6.07 Å². The lowest BCUT2D eigenvalue weighted by Crippen LogP contribution is -1.98. The van der Waals surface area contributed by atoms with E-state index in [1.165, 1.54) is 24.3 Å². The SMILES string of the molecule is CCOC(=O)C=Cc1ccc(C=O)c(O)c1. The van der Waals surface area contributed by atoms with Crippen LogP contribution in [0.15, 0.2) is 24.3 Å². The Morgan fingerprint density at radius 1 is 1.50 bits per heavy atom. The first kappa shape index (κ1) is 12.0. The number of hydrogen-bond donors (Lipinski definition) is 1. The van der Waals surface area contributed by atoms with Crippen molar-refractivity contribution < 1.29 is 19.4 Å². The molecule has 0 aliphatic carbocycles. The molecular formula is C12H12O4. The topological polar surface area (TPSA) is 63.6 Å². The molecule has 1 rings (SSSR count). The number of phenols is 1. The first-order valence-corrected chi connectivity index (χ1v) is 4.80. The van der Waals surface area contributed by atoms with Crippen LogP contribution in [0.3, 0.4) is 0 Å². The van der Waals surface area contributed by atoms with E-state index in [1.807, 2.05) is 0 Å². The normalized spacial score (nSPS) is 10.3. The summed E-state index contributed by atoms with van der Waals surface area (Å²) in [5.41, 5.74) is 0.837. The van der Waals surface area contributed by atoms with Gasteiger partial charge < -0.3 is 9.84 Å². The van der Waals surface area contributed by atoms with Crippen molar-refractivity contribution in [3.63, 3.8) is 0 Å². The van der Waals surface area contributed by atoms with E-state index >= 15 is 0 Å². The molecule has 1 aromatic rings. The average molecular weight is 220 g/mol. The van der Waals surface area contributed by atoms with Crippen molar-refractivity contribution in [2.24, 2.45) is 0 Å². The van der Waals surface area contributed by atoms with Gasteiger partial charge in [0.25, 0.3) is 0 Å². The lowest BCUT2D eigenvalue weighted by atomic mass is 10.1. The van der Waals surface area contributed by atoms with Crippen LogP contribution in [0.2, 0.25) is 0 Å².